The zero-order valence-electron chi connectivity index (χ0n) is 10.7. The quantitative estimate of drug-likeness (QED) is 0.694. The molecule has 3 rings (SSSR count). The van der Waals surface area contributed by atoms with Crippen LogP contribution in [-0.2, 0) is 4.74 Å². The second-order valence-corrected chi connectivity index (χ2v) is 5.14. The lowest BCUT2D eigenvalue weighted by Crippen LogP contribution is -2.01. The largest absolute Gasteiger partial charge is 0.462 e. The maximum atomic E-state index is 13.0. The first-order chi connectivity index (χ1) is 9.69. The molecule has 0 atom stereocenters. The van der Waals surface area contributed by atoms with Crippen molar-refractivity contribution >= 4 is 27.7 Å². The van der Waals surface area contributed by atoms with E-state index in [2.05, 4.69) is 4.98 Å². The number of aromatic nitrogens is 2. The summed E-state index contributed by atoms with van der Waals surface area (Å²) in [7, 11) is 0. The molecule has 2 aromatic heterocycles. The molecular weight excluding hydrogens is 279 g/mol. The first-order valence-corrected chi connectivity index (χ1v) is 6.90. The predicted molar refractivity (Wildman–Crippen MR) is 74.9 cm³/mol. The number of imidazole rings is 1. The first kappa shape index (κ1) is 12.8. The molecule has 0 fully saturated rings. The third-order valence-electron chi connectivity index (χ3n) is 2.81. The third kappa shape index (κ3) is 2.18. The van der Waals surface area contributed by atoms with Gasteiger partial charge < -0.3 is 4.74 Å². The normalized spacial score (nSPS) is 10.9. The van der Waals surface area contributed by atoms with Crippen LogP contribution in [0.25, 0.3) is 16.0 Å². The fraction of sp³-hybridized carbons (Fsp3) is 0.143. The zero-order valence-corrected chi connectivity index (χ0v) is 11.5. The van der Waals surface area contributed by atoms with E-state index >= 15 is 0 Å². The molecule has 1 aromatic carbocycles. The molecule has 0 radical (unpaired) electrons. The van der Waals surface area contributed by atoms with Gasteiger partial charge in [-0.15, -0.1) is 11.3 Å². The lowest BCUT2D eigenvalue weighted by molar-refractivity contribution is 0.0532. The Morgan fingerprint density at radius 1 is 1.40 bits per heavy atom. The molecular formula is C14H11FN2O2S. The number of rotatable bonds is 3. The highest BCUT2D eigenvalue weighted by atomic mass is 32.1. The molecule has 0 spiro atoms. The number of thiophene rings is 1. The monoisotopic (exact) mass is 290 g/mol. The van der Waals surface area contributed by atoms with E-state index in [4.69, 9.17) is 4.74 Å². The Labute approximate surface area is 118 Å². The molecule has 0 saturated heterocycles. The summed E-state index contributed by atoms with van der Waals surface area (Å²) < 4.78 is 19.7. The van der Waals surface area contributed by atoms with E-state index in [1.165, 1.54) is 23.5 Å². The van der Waals surface area contributed by atoms with Crippen molar-refractivity contribution in [2.75, 3.05) is 6.61 Å². The van der Waals surface area contributed by atoms with E-state index in [1.54, 1.807) is 31.5 Å². The van der Waals surface area contributed by atoms with E-state index in [9.17, 15) is 9.18 Å². The van der Waals surface area contributed by atoms with E-state index in [-0.39, 0.29) is 11.8 Å². The van der Waals surface area contributed by atoms with Crippen molar-refractivity contribution in [3.8, 4) is 5.69 Å². The molecule has 0 bridgehead atoms. The molecule has 0 unspecified atom stereocenters. The van der Waals surface area contributed by atoms with Gasteiger partial charge in [-0.3, -0.25) is 4.57 Å². The van der Waals surface area contributed by atoms with Gasteiger partial charge in [0.2, 0.25) is 0 Å². The molecule has 20 heavy (non-hydrogen) atoms. The summed E-state index contributed by atoms with van der Waals surface area (Å²) in [5, 5.41) is 0. The van der Waals surface area contributed by atoms with Gasteiger partial charge in [-0.2, -0.15) is 0 Å². The van der Waals surface area contributed by atoms with Gasteiger partial charge in [0.1, 0.15) is 27.4 Å². The molecule has 102 valence electrons. The summed E-state index contributed by atoms with van der Waals surface area (Å²) >= 11 is 1.31. The molecule has 4 nitrogen and oxygen atoms in total. The Morgan fingerprint density at radius 3 is 2.85 bits per heavy atom. The maximum Gasteiger partial charge on any atom is 0.348 e. The minimum atomic E-state index is -0.346. The van der Waals surface area contributed by atoms with E-state index in [1.807, 2.05) is 4.57 Å². The highest BCUT2D eigenvalue weighted by Gasteiger charge is 2.15. The highest BCUT2D eigenvalue weighted by molar-refractivity contribution is 7.20. The number of halogens is 1. The topological polar surface area (TPSA) is 44.1 Å². The molecule has 0 aliphatic carbocycles. The number of carbonyl (C=O) groups is 1. The predicted octanol–water partition coefficient (Wildman–Crippen LogP) is 3.40. The fourth-order valence-electron chi connectivity index (χ4n) is 1.90. The van der Waals surface area contributed by atoms with E-state index in [0.717, 1.165) is 16.0 Å². The van der Waals surface area contributed by atoms with Crippen molar-refractivity contribution in [1.82, 2.24) is 9.55 Å². The van der Waals surface area contributed by atoms with Crippen LogP contribution in [0, 0.1) is 5.82 Å². The number of ether oxygens (including phenoxy) is 1. The molecule has 0 N–H and O–H groups in total. The average Bonchev–Trinajstić information content (AvgIpc) is 3.00. The zero-order chi connectivity index (χ0) is 14.1. The van der Waals surface area contributed by atoms with Gasteiger partial charge in [0, 0.05) is 5.69 Å². The summed E-state index contributed by atoms with van der Waals surface area (Å²) in [6.45, 7) is 2.11. The molecule has 0 aliphatic heterocycles. The van der Waals surface area contributed by atoms with Crippen LogP contribution in [0.4, 0.5) is 4.39 Å². The van der Waals surface area contributed by atoms with Crippen LogP contribution in [0.1, 0.15) is 16.6 Å². The molecule has 0 aliphatic rings. The molecule has 2 heterocycles. The van der Waals surface area contributed by atoms with Gasteiger partial charge in [-0.05, 0) is 37.3 Å². The number of carbonyl (C=O) groups excluding carboxylic acids is 1. The summed E-state index contributed by atoms with van der Waals surface area (Å²) in [5.74, 6) is -0.635. The van der Waals surface area contributed by atoms with Crippen molar-refractivity contribution in [3.63, 3.8) is 0 Å². The number of hydrogen-bond donors (Lipinski definition) is 0. The summed E-state index contributed by atoms with van der Waals surface area (Å²) in [6, 6.07) is 7.82. The van der Waals surface area contributed by atoms with Crippen molar-refractivity contribution in [3.05, 3.63) is 47.4 Å². The Balaban J connectivity index is 2.04. The fourth-order valence-corrected chi connectivity index (χ4v) is 2.89. The highest BCUT2D eigenvalue weighted by Crippen LogP contribution is 2.27. The second kappa shape index (κ2) is 5.05. The number of fused-ring (bicyclic) bond motifs is 1. The van der Waals surface area contributed by atoms with Crippen LogP contribution in [0.5, 0.6) is 0 Å². The van der Waals surface area contributed by atoms with Crippen molar-refractivity contribution in [2.24, 2.45) is 0 Å². The number of esters is 1. The smallest absolute Gasteiger partial charge is 0.348 e. The van der Waals surface area contributed by atoms with Gasteiger partial charge in [-0.1, -0.05) is 0 Å². The van der Waals surface area contributed by atoms with E-state index in [0.29, 0.717) is 11.5 Å². The minimum Gasteiger partial charge on any atom is -0.462 e. The van der Waals surface area contributed by atoms with Crippen LogP contribution in [0.3, 0.4) is 0 Å². The van der Waals surface area contributed by atoms with Crippen LogP contribution in [0.15, 0.2) is 36.7 Å². The molecule has 3 aromatic rings. The first-order valence-electron chi connectivity index (χ1n) is 6.09. The lowest BCUT2D eigenvalue weighted by atomic mass is 10.3. The van der Waals surface area contributed by atoms with Crippen LogP contribution in [-0.4, -0.2) is 22.1 Å². The minimum absolute atomic E-state index is 0.288. The molecule has 0 saturated carbocycles. The van der Waals surface area contributed by atoms with Crippen molar-refractivity contribution in [1.29, 1.82) is 0 Å². The summed E-state index contributed by atoms with van der Waals surface area (Å²) in [6.07, 6.45) is 1.66. The number of nitrogens with zero attached hydrogens (tertiary/aromatic N) is 2. The SMILES string of the molecule is CCOC(=O)c1cc2ncn(-c3ccc(F)cc3)c2s1. The second-order valence-electron chi connectivity index (χ2n) is 4.11. The van der Waals surface area contributed by atoms with Gasteiger partial charge >= 0.3 is 5.97 Å². The van der Waals surface area contributed by atoms with Gasteiger partial charge in [-0.25, -0.2) is 14.2 Å². The Hall–Kier alpha value is -2.21. The van der Waals surface area contributed by atoms with Gasteiger partial charge in [0.15, 0.2) is 0 Å². The Bertz CT molecular complexity index is 761. The summed E-state index contributed by atoms with van der Waals surface area (Å²) in [5.41, 5.74) is 1.52. The Morgan fingerprint density at radius 2 is 2.15 bits per heavy atom. The van der Waals surface area contributed by atoms with Crippen molar-refractivity contribution < 1.29 is 13.9 Å². The van der Waals surface area contributed by atoms with Crippen LogP contribution >= 0.6 is 11.3 Å². The van der Waals surface area contributed by atoms with Crippen LogP contribution in [0.2, 0.25) is 0 Å². The third-order valence-corrected chi connectivity index (χ3v) is 3.91. The van der Waals surface area contributed by atoms with Crippen LogP contribution < -0.4 is 0 Å². The standard InChI is InChI=1S/C14H11FN2O2S/c1-2-19-14(18)12-7-11-13(20-12)17(8-16-11)10-5-3-9(15)4-6-10/h3-8H,2H2,1H3. The lowest BCUT2D eigenvalue weighted by Gasteiger charge is -2.02. The number of benzene rings is 1. The van der Waals surface area contributed by atoms with Crippen molar-refractivity contribution in [2.45, 2.75) is 6.92 Å². The Kier molecular flexibility index (Phi) is 3.23. The van der Waals surface area contributed by atoms with Gasteiger partial charge in [0.25, 0.3) is 0 Å². The molecule has 0 amide bonds. The summed E-state index contributed by atoms with van der Waals surface area (Å²) in [4.78, 5) is 17.3. The average molecular weight is 290 g/mol. The van der Waals surface area contributed by atoms with Gasteiger partial charge in [0.05, 0.1) is 6.61 Å². The van der Waals surface area contributed by atoms with E-state index < -0.39 is 0 Å². The maximum absolute atomic E-state index is 13.0. The number of hydrogen-bond acceptors (Lipinski definition) is 4. The molecule has 6 heteroatoms.